The molecule has 0 saturated carbocycles. The first-order valence-electron chi connectivity index (χ1n) is 5.71. The molecule has 18 heavy (non-hydrogen) atoms. The topological polar surface area (TPSA) is 43.7 Å². The first-order valence-corrected chi connectivity index (χ1v) is 5.71. The Balaban J connectivity index is 0.000000184. The summed E-state index contributed by atoms with van der Waals surface area (Å²) in [6.45, 7) is 1.87. The summed E-state index contributed by atoms with van der Waals surface area (Å²) in [5.74, 6) is 0.679. The number of phenols is 2. The van der Waals surface area contributed by atoms with Gasteiger partial charge in [0.25, 0.3) is 0 Å². The molecule has 0 bridgehead atoms. The van der Waals surface area contributed by atoms with Crippen LogP contribution >= 0.6 is 0 Å². The molecule has 2 rings (SSSR count). The Bertz CT molecular complexity index is 474. The third-order valence-electron chi connectivity index (χ3n) is 2.46. The second-order valence-corrected chi connectivity index (χ2v) is 4.20. The van der Waals surface area contributed by atoms with Gasteiger partial charge in [-0.1, -0.05) is 24.3 Å². The van der Waals surface area contributed by atoms with E-state index >= 15 is 0 Å². The van der Waals surface area contributed by atoms with Gasteiger partial charge in [0, 0.05) is 25.8 Å². The summed E-state index contributed by atoms with van der Waals surface area (Å²) in [6.07, 6.45) is 0. The first kappa shape index (κ1) is 13.9. The lowest BCUT2D eigenvalue weighted by molar-refractivity contribution is 0.471. The van der Waals surface area contributed by atoms with Gasteiger partial charge in [0.1, 0.15) is 11.5 Å². The molecule has 0 radical (unpaired) electrons. The van der Waals surface area contributed by atoms with Gasteiger partial charge in [-0.25, -0.2) is 0 Å². The lowest BCUT2D eigenvalue weighted by Crippen LogP contribution is -2.07. The fourth-order valence-electron chi connectivity index (χ4n) is 1.33. The van der Waals surface area contributed by atoms with Crippen molar-refractivity contribution in [3.8, 4) is 11.5 Å². The van der Waals surface area contributed by atoms with Gasteiger partial charge in [0.15, 0.2) is 0 Å². The van der Waals surface area contributed by atoms with Crippen molar-refractivity contribution in [2.24, 2.45) is 0 Å². The van der Waals surface area contributed by atoms with Crippen LogP contribution in [0.25, 0.3) is 0 Å². The van der Waals surface area contributed by atoms with Crippen molar-refractivity contribution in [3.05, 3.63) is 54.1 Å². The molecule has 0 aliphatic heterocycles. The zero-order chi connectivity index (χ0) is 13.5. The molecule has 0 aliphatic rings. The van der Waals surface area contributed by atoms with Gasteiger partial charge in [-0.15, -0.1) is 0 Å². The monoisotopic (exact) mass is 245 g/mol. The van der Waals surface area contributed by atoms with Gasteiger partial charge in [0.2, 0.25) is 0 Å². The number of hydrogen-bond donors (Lipinski definition) is 2. The van der Waals surface area contributed by atoms with Crippen LogP contribution < -0.4 is 4.90 Å². The summed E-state index contributed by atoms with van der Waals surface area (Å²) in [7, 11) is 3.88. The molecule has 0 aromatic heterocycles. The molecule has 2 aromatic rings. The largest absolute Gasteiger partial charge is 0.508 e. The van der Waals surface area contributed by atoms with Crippen molar-refractivity contribution in [2.45, 2.75) is 6.92 Å². The van der Waals surface area contributed by atoms with Crippen LogP contribution in [0.3, 0.4) is 0 Å². The third kappa shape index (κ3) is 4.37. The molecular weight excluding hydrogens is 226 g/mol. The fourth-order valence-corrected chi connectivity index (χ4v) is 1.33. The SMILES string of the molecule is CN(C)c1cccc(O)c1.Cc1ccccc1O. The second-order valence-electron chi connectivity index (χ2n) is 4.20. The van der Waals surface area contributed by atoms with Crippen LogP contribution in [-0.2, 0) is 0 Å². The van der Waals surface area contributed by atoms with Crippen LogP contribution in [0.2, 0.25) is 0 Å². The van der Waals surface area contributed by atoms with Crippen LogP contribution in [0.15, 0.2) is 48.5 Å². The predicted molar refractivity (Wildman–Crippen MR) is 75.3 cm³/mol. The van der Waals surface area contributed by atoms with Crippen LogP contribution in [-0.4, -0.2) is 24.3 Å². The van der Waals surface area contributed by atoms with Crippen LogP contribution in [0, 0.1) is 6.92 Å². The third-order valence-corrected chi connectivity index (χ3v) is 2.46. The molecule has 2 N–H and O–H groups in total. The van der Waals surface area contributed by atoms with E-state index in [0.29, 0.717) is 11.5 Å². The van der Waals surface area contributed by atoms with Crippen molar-refractivity contribution in [3.63, 3.8) is 0 Å². The number of nitrogens with zero attached hydrogens (tertiary/aromatic N) is 1. The highest BCUT2D eigenvalue weighted by Gasteiger charge is 1.93. The normalized spacial score (nSPS) is 9.28. The number of rotatable bonds is 1. The van der Waals surface area contributed by atoms with Gasteiger partial charge in [-0.05, 0) is 30.7 Å². The smallest absolute Gasteiger partial charge is 0.118 e. The van der Waals surface area contributed by atoms with E-state index < -0.39 is 0 Å². The molecule has 3 heteroatoms. The van der Waals surface area contributed by atoms with E-state index in [1.807, 2.05) is 56.3 Å². The second kappa shape index (κ2) is 6.55. The van der Waals surface area contributed by atoms with E-state index in [9.17, 15) is 0 Å². The molecule has 0 amide bonds. The number of phenolic OH excluding ortho intramolecular Hbond substituents is 2. The number of aromatic hydroxyl groups is 2. The molecule has 0 aliphatic carbocycles. The van der Waals surface area contributed by atoms with Crippen LogP contribution in [0.5, 0.6) is 11.5 Å². The van der Waals surface area contributed by atoms with Crippen molar-refractivity contribution < 1.29 is 10.2 Å². The maximum Gasteiger partial charge on any atom is 0.118 e. The molecule has 0 saturated heterocycles. The maximum absolute atomic E-state index is 9.04. The van der Waals surface area contributed by atoms with E-state index in [2.05, 4.69) is 0 Å². The Hall–Kier alpha value is -2.16. The minimum atomic E-state index is 0.311. The zero-order valence-corrected chi connectivity index (χ0v) is 11.0. The summed E-state index contributed by atoms with van der Waals surface area (Å²) >= 11 is 0. The Labute approximate surface area is 108 Å². The summed E-state index contributed by atoms with van der Waals surface area (Å²) in [5.41, 5.74) is 1.94. The molecule has 0 unspecified atom stereocenters. The van der Waals surface area contributed by atoms with Gasteiger partial charge in [-0.3, -0.25) is 0 Å². The maximum atomic E-state index is 9.04. The number of benzene rings is 2. The van der Waals surface area contributed by atoms with Crippen LogP contribution in [0.1, 0.15) is 5.56 Å². The molecule has 0 spiro atoms. The van der Waals surface area contributed by atoms with Crippen molar-refractivity contribution in [1.82, 2.24) is 0 Å². The van der Waals surface area contributed by atoms with E-state index in [0.717, 1.165) is 11.3 Å². The molecule has 0 heterocycles. The van der Waals surface area contributed by atoms with Crippen molar-refractivity contribution in [2.75, 3.05) is 19.0 Å². The number of para-hydroxylation sites is 1. The summed E-state index contributed by atoms with van der Waals surface area (Å²) in [6, 6.07) is 14.4. The van der Waals surface area contributed by atoms with Gasteiger partial charge in [-0.2, -0.15) is 0 Å². The minimum absolute atomic E-state index is 0.311. The van der Waals surface area contributed by atoms with E-state index in [4.69, 9.17) is 10.2 Å². The zero-order valence-electron chi connectivity index (χ0n) is 11.0. The van der Waals surface area contributed by atoms with Crippen molar-refractivity contribution >= 4 is 5.69 Å². The molecule has 0 fully saturated rings. The molecule has 3 nitrogen and oxygen atoms in total. The highest BCUT2D eigenvalue weighted by molar-refractivity contribution is 5.48. The highest BCUT2D eigenvalue weighted by atomic mass is 16.3. The van der Waals surface area contributed by atoms with E-state index in [1.54, 1.807) is 18.2 Å². The molecule has 96 valence electrons. The fraction of sp³-hybridized carbons (Fsp3) is 0.200. The summed E-state index contributed by atoms with van der Waals surface area (Å²) in [5, 5.41) is 18.0. The average Bonchev–Trinajstić information content (AvgIpc) is 2.34. The number of anilines is 1. The molecular formula is C15H19NO2. The Kier molecular flexibility index (Phi) is 5.06. The lowest BCUT2D eigenvalue weighted by atomic mass is 10.2. The highest BCUT2D eigenvalue weighted by Crippen LogP contribution is 2.17. The lowest BCUT2D eigenvalue weighted by Gasteiger charge is -2.11. The number of hydrogen-bond acceptors (Lipinski definition) is 3. The first-order chi connectivity index (χ1) is 8.50. The van der Waals surface area contributed by atoms with Crippen molar-refractivity contribution in [1.29, 1.82) is 0 Å². The Morgan fingerprint density at radius 3 is 1.94 bits per heavy atom. The Morgan fingerprint density at radius 2 is 1.56 bits per heavy atom. The van der Waals surface area contributed by atoms with Crippen LogP contribution in [0.4, 0.5) is 5.69 Å². The Morgan fingerprint density at radius 1 is 0.889 bits per heavy atom. The van der Waals surface area contributed by atoms with Gasteiger partial charge >= 0.3 is 0 Å². The average molecular weight is 245 g/mol. The number of aryl methyl sites for hydroxylation is 1. The van der Waals surface area contributed by atoms with E-state index in [1.165, 1.54) is 0 Å². The summed E-state index contributed by atoms with van der Waals surface area (Å²) in [4.78, 5) is 1.94. The molecule has 0 atom stereocenters. The summed E-state index contributed by atoms with van der Waals surface area (Å²) < 4.78 is 0. The van der Waals surface area contributed by atoms with E-state index in [-0.39, 0.29) is 0 Å². The quantitative estimate of drug-likeness (QED) is 0.811. The van der Waals surface area contributed by atoms with Gasteiger partial charge < -0.3 is 15.1 Å². The predicted octanol–water partition coefficient (Wildman–Crippen LogP) is 3.16. The minimum Gasteiger partial charge on any atom is -0.508 e. The molecule has 2 aromatic carbocycles. The standard InChI is InChI=1S/C8H11NO.C7H8O/c1-9(2)7-4-3-5-8(10)6-7;1-6-4-2-3-5-7(6)8/h3-6,10H,1-2H3;2-5,8H,1H3. The van der Waals surface area contributed by atoms with Gasteiger partial charge in [0.05, 0.1) is 0 Å².